The predicted molar refractivity (Wildman–Crippen MR) is 76.5 cm³/mol. The Morgan fingerprint density at radius 3 is 2.75 bits per heavy atom. The zero-order valence-corrected chi connectivity index (χ0v) is 12.3. The zero-order chi connectivity index (χ0) is 15.0. The van der Waals surface area contributed by atoms with Crippen LogP contribution in [0.1, 0.15) is 24.5 Å². The Morgan fingerprint density at radius 1 is 1.40 bits per heavy atom. The molecule has 0 radical (unpaired) electrons. The van der Waals surface area contributed by atoms with Gasteiger partial charge in [0.2, 0.25) is 0 Å². The Labute approximate surface area is 120 Å². The third kappa shape index (κ3) is 5.17. The van der Waals surface area contributed by atoms with Crippen LogP contribution >= 0.6 is 0 Å². The molecule has 1 atom stereocenters. The van der Waals surface area contributed by atoms with Gasteiger partial charge in [0, 0.05) is 33.2 Å². The maximum absolute atomic E-state index is 10.1. The van der Waals surface area contributed by atoms with Crippen molar-refractivity contribution >= 4 is 0 Å². The van der Waals surface area contributed by atoms with Gasteiger partial charge in [-0.3, -0.25) is 0 Å². The fraction of sp³-hybridized carbons (Fsp3) is 0.533. The van der Waals surface area contributed by atoms with Gasteiger partial charge < -0.3 is 19.9 Å². The molecule has 1 aromatic carbocycles. The van der Waals surface area contributed by atoms with Crippen molar-refractivity contribution in [1.29, 1.82) is 5.26 Å². The number of aliphatic hydroxyl groups is 1. The fourth-order valence-corrected chi connectivity index (χ4v) is 1.82. The number of hydrogen-bond donors (Lipinski definition) is 2. The van der Waals surface area contributed by atoms with Crippen LogP contribution in [0.3, 0.4) is 0 Å². The van der Waals surface area contributed by atoms with Gasteiger partial charge in [-0.1, -0.05) is 6.07 Å². The summed E-state index contributed by atoms with van der Waals surface area (Å²) in [6.45, 7) is 3.38. The van der Waals surface area contributed by atoms with Crippen molar-refractivity contribution in [1.82, 2.24) is 5.32 Å². The fourth-order valence-electron chi connectivity index (χ4n) is 1.82. The summed E-state index contributed by atoms with van der Waals surface area (Å²) in [5.41, 5.74) is 0.721. The van der Waals surface area contributed by atoms with Crippen molar-refractivity contribution in [3.8, 4) is 11.8 Å². The first-order valence-corrected chi connectivity index (χ1v) is 6.51. The minimum absolute atomic E-state index is 0.471. The average molecular weight is 278 g/mol. The Balaban J connectivity index is 2.52. The number of nitriles is 1. The molecular weight excluding hydrogens is 256 g/mol. The molecule has 20 heavy (non-hydrogen) atoms. The zero-order valence-electron chi connectivity index (χ0n) is 12.3. The van der Waals surface area contributed by atoms with E-state index in [0.29, 0.717) is 37.4 Å². The van der Waals surface area contributed by atoms with Crippen LogP contribution in [-0.4, -0.2) is 38.1 Å². The summed E-state index contributed by atoms with van der Waals surface area (Å²) in [5.74, 6) is 0.568. The lowest BCUT2D eigenvalue weighted by atomic mass is 10.0. The summed E-state index contributed by atoms with van der Waals surface area (Å²) in [6, 6.07) is 7.51. The molecule has 0 spiro atoms. The van der Waals surface area contributed by atoms with E-state index >= 15 is 0 Å². The van der Waals surface area contributed by atoms with Crippen LogP contribution in [0, 0.1) is 11.3 Å². The Kier molecular flexibility index (Phi) is 6.46. The number of methoxy groups -OCH3 is 2. The van der Waals surface area contributed by atoms with Gasteiger partial charge in [-0.2, -0.15) is 5.26 Å². The normalized spacial score (nSPS) is 13.6. The summed E-state index contributed by atoms with van der Waals surface area (Å²) >= 11 is 0. The number of ether oxygens (including phenoxy) is 2. The third-order valence-electron chi connectivity index (χ3n) is 3.07. The molecule has 0 aliphatic carbocycles. The second-order valence-electron chi connectivity index (χ2n) is 4.99. The van der Waals surface area contributed by atoms with Crippen molar-refractivity contribution in [2.24, 2.45) is 0 Å². The molecule has 0 heterocycles. The summed E-state index contributed by atoms with van der Waals surface area (Å²) < 4.78 is 10.1. The maximum Gasteiger partial charge on any atom is 0.136 e. The highest BCUT2D eigenvalue weighted by Crippen LogP contribution is 2.19. The third-order valence-corrected chi connectivity index (χ3v) is 3.07. The van der Waals surface area contributed by atoms with Crippen LogP contribution in [0.5, 0.6) is 5.75 Å². The molecule has 0 bridgehead atoms. The van der Waals surface area contributed by atoms with Crippen molar-refractivity contribution in [2.45, 2.75) is 25.5 Å². The first-order valence-electron chi connectivity index (χ1n) is 6.51. The average Bonchev–Trinajstić information content (AvgIpc) is 2.44. The van der Waals surface area contributed by atoms with E-state index in [1.807, 2.05) is 12.1 Å². The molecule has 1 rings (SSSR count). The molecule has 5 heteroatoms. The number of benzene rings is 1. The Morgan fingerprint density at radius 2 is 2.15 bits per heavy atom. The molecule has 0 aliphatic heterocycles. The second kappa shape index (κ2) is 7.85. The summed E-state index contributed by atoms with van der Waals surface area (Å²) in [6.07, 6.45) is 0.577. The quantitative estimate of drug-likeness (QED) is 0.752. The van der Waals surface area contributed by atoms with Gasteiger partial charge >= 0.3 is 0 Å². The van der Waals surface area contributed by atoms with Crippen molar-refractivity contribution in [3.05, 3.63) is 29.3 Å². The molecule has 5 nitrogen and oxygen atoms in total. The lowest BCUT2D eigenvalue weighted by molar-refractivity contribution is 0.0247. The lowest BCUT2D eigenvalue weighted by Gasteiger charge is -2.23. The molecule has 0 amide bonds. The van der Waals surface area contributed by atoms with Gasteiger partial charge in [0.1, 0.15) is 11.8 Å². The van der Waals surface area contributed by atoms with E-state index in [-0.39, 0.29) is 0 Å². The van der Waals surface area contributed by atoms with Crippen molar-refractivity contribution < 1.29 is 14.6 Å². The van der Waals surface area contributed by atoms with Crippen LogP contribution in [0.15, 0.2) is 18.2 Å². The van der Waals surface area contributed by atoms with Gasteiger partial charge in [-0.25, -0.2) is 0 Å². The topological polar surface area (TPSA) is 74.5 Å². The molecule has 1 aromatic rings. The van der Waals surface area contributed by atoms with E-state index in [1.165, 1.54) is 0 Å². The largest absolute Gasteiger partial charge is 0.495 e. The van der Waals surface area contributed by atoms with Gasteiger partial charge in [0.15, 0.2) is 0 Å². The van der Waals surface area contributed by atoms with Crippen LogP contribution in [0.4, 0.5) is 0 Å². The molecular formula is C15H22N2O3. The highest BCUT2D eigenvalue weighted by molar-refractivity contribution is 5.45. The highest BCUT2D eigenvalue weighted by atomic mass is 16.5. The standard InChI is InChI=1S/C15H22N2O3/c1-15(18,6-7-19-2)11-17-10-12-4-5-13(9-16)14(8-12)20-3/h4-5,8,17-18H,6-7,10-11H2,1-3H3. The molecule has 0 aliphatic rings. The number of rotatable bonds is 8. The van der Waals surface area contributed by atoms with Gasteiger partial charge in [-0.15, -0.1) is 0 Å². The van der Waals surface area contributed by atoms with Gasteiger partial charge in [0.25, 0.3) is 0 Å². The van der Waals surface area contributed by atoms with Crippen LogP contribution < -0.4 is 10.1 Å². The van der Waals surface area contributed by atoms with Crippen LogP contribution in [0.25, 0.3) is 0 Å². The van der Waals surface area contributed by atoms with E-state index in [0.717, 1.165) is 5.56 Å². The minimum Gasteiger partial charge on any atom is -0.495 e. The molecule has 0 saturated carbocycles. The van der Waals surface area contributed by atoms with E-state index < -0.39 is 5.60 Å². The summed E-state index contributed by atoms with van der Waals surface area (Å²) in [7, 11) is 3.16. The first-order chi connectivity index (χ1) is 9.52. The SMILES string of the molecule is COCCC(C)(O)CNCc1ccc(C#N)c(OC)c1. The second-order valence-corrected chi connectivity index (χ2v) is 4.99. The molecule has 0 fully saturated rings. The monoisotopic (exact) mass is 278 g/mol. The summed E-state index contributed by atoms with van der Waals surface area (Å²) in [5, 5.41) is 22.2. The molecule has 2 N–H and O–H groups in total. The highest BCUT2D eigenvalue weighted by Gasteiger charge is 2.19. The molecule has 1 unspecified atom stereocenters. The van der Waals surface area contributed by atoms with E-state index in [4.69, 9.17) is 14.7 Å². The predicted octanol–water partition coefficient (Wildman–Crippen LogP) is 1.44. The number of hydrogen-bond acceptors (Lipinski definition) is 5. The molecule has 0 aromatic heterocycles. The Hall–Kier alpha value is -1.61. The lowest BCUT2D eigenvalue weighted by Crippen LogP contribution is -2.38. The van der Waals surface area contributed by atoms with Gasteiger partial charge in [-0.05, 0) is 24.6 Å². The van der Waals surface area contributed by atoms with Crippen LogP contribution in [-0.2, 0) is 11.3 Å². The summed E-state index contributed by atoms with van der Waals surface area (Å²) in [4.78, 5) is 0. The van der Waals surface area contributed by atoms with E-state index in [2.05, 4.69) is 11.4 Å². The van der Waals surface area contributed by atoms with E-state index in [1.54, 1.807) is 27.2 Å². The Bertz CT molecular complexity index is 467. The van der Waals surface area contributed by atoms with E-state index in [9.17, 15) is 5.11 Å². The smallest absolute Gasteiger partial charge is 0.136 e. The minimum atomic E-state index is -0.799. The van der Waals surface area contributed by atoms with Crippen molar-refractivity contribution in [3.63, 3.8) is 0 Å². The van der Waals surface area contributed by atoms with Crippen molar-refractivity contribution in [2.75, 3.05) is 27.4 Å². The number of nitrogens with zero attached hydrogens (tertiary/aromatic N) is 1. The first kappa shape index (κ1) is 16.4. The number of nitrogens with one attached hydrogen (secondary N) is 1. The molecule has 0 saturated heterocycles. The molecule has 110 valence electrons. The van der Waals surface area contributed by atoms with Gasteiger partial charge in [0.05, 0.1) is 18.3 Å². The van der Waals surface area contributed by atoms with Crippen LogP contribution in [0.2, 0.25) is 0 Å². The maximum atomic E-state index is 10.1.